The number of hydrogen-bond acceptors (Lipinski definition) is 2. The zero-order valence-electron chi connectivity index (χ0n) is 8.88. The van der Waals surface area contributed by atoms with Gasteiger partial charge in [0.1, 0.15) is 0 Å². The maximum Gasteiger partial charge on any atom is 0.224 e. The van der Waals surface area contributed by atoms with Gasteiger partial charge >= 0.3 is 0 Å². The van der Waals surface area contributed by atoms with Crippen LogP contribution in [0.2, 0.25) is 0 Å². The number of fused-ring (bicyclic) bond motifs is 2. The van der Waals surface area contributed by atoms with Gasteiger partial charge in [0.05, 0.1) is 5.92 Å². The van der Waals surface area contributed by atoms with E-state index in [1.54, 1.807) is 0 Å². The monoisotopic (exact) mass is 196 g/mol. The van der Waals surface area contributed by atoms with Crippen molar-refractivity contribution in [3.05, 3.63) is 0 Å². The maximum absolute atomic E-state index is 11.8. The SMILES string of the molecule is CCCCNC(=O)C1CC2CCC1N2. The highest BCUT2D eigenvalue weighted by molar-refractivity contribution is 5.80. The van der Waals surface area contributed by atoms with E-state index >= 15 is 0 Å². The minimum atomic E-state index is 0.255. The van der Waals surface area contributed by atoms with Gasteiger partial charge in [-0.25, -0.2) is 0 Å². The number of rotatable bonds is 4. The molecule has 14 heavy (non-hydrogen) atoms. The quantitative estimate of drug-likeness (QED) is 0.660. The van der Waals surface area contributed by atoms with Crippen LogP contribution < -0.4 is 10.6 Å². The molecule has 2 heterocycles. The van der Waals surface area contributed by atoms with E-state index in [-0.39, 0.29) is 11.8 Å². The van der Waals surface area contributed by atoms with Crippen LogP contribution in [-0.4, -0.2) is 24.5 Å². The van der Waals surface area contributed by atoms with Crippen molar-refractivity contribution in [2.45, 2.75) is 51.1 Å². The molecule has 0 aromatic rings. The number of carbonyl (C=O) groups is 1. The van der Waals surface area contributed by atoms with Gasteiger partial charge in [0.2, 0.25) is 5.91 Å². The predicted octanol–water partition coefficient (Wildman–Crippen LogP) is 1.04. The van der Waals surface area contributed by atoms with Gasteiger partial charge in [-0.05, 0) is 25.7 Å². The molecule has 0 radical (unpaired) electrons. The lowest BCUT2D eigenvalue weighted by Gasteiger charge is -2.19. The summed E-state index contributed by atoms with van der Waals surface area (Å²) in [6.07, 6.45) is 5.76. The van der Waals surface area contributed by atoms with E-state index in [2.05, 4.69) is 17.6 Å². The van der Waals surface area contributed by atoms with Gasteiger partial charge < -0.3 is 10.6 Å². The summed E-state index contributed by atoms with van der Waals surface area (Å²) in [7, 11) is 0. The van der Waals surface area contributed by atoms with Crippen LogP contribution >= 0.6 is 0 Å². The largest absolute Gasteiger partial charge is 0.356 e. The molecule has 3 atom stereocenters. The van der Waals surface area contributed by atoms with Gasteiger partial charge in [-0.1, -0.05) is 13.3 Å². The lowest BCUT2D eigenvalue weighted by Crippen LogP contribution is -2.37. The highest BCUT2D eigenvalue weighted by Crippen LogP contribution is 2.33. The molecule has 0 aromatic heterocycles. The molecular formula is C11H20N2O. The van der Waals surface area contributed by atoms with Gasteiger partial charge in [-0.2, -0.15) is 0 Å². The third kappa shape index (κ3) is 1.92. The second kappa shape index (κ2) is 4.30. The average Bonchev–Trinajstić information content (AvgIpc) is 2.79. The Morgan fingerprint density at radius 3 is 2.93 bits per heavy atom. The molecule has 0 saturated carbocycles. The molecule has 80 valence electrons. The van der Waals surface area contributed by atoms with E-state index in [4.69, 9.17) is 0 Å². The molecule has 0 aliphatic carbocycles. The Morgan fingerprint density at radius 2 is 2.36 bits per heavy atom. The van der Waals surface area contributed by atoms with Gasteiger partial charge in [0.25, 0.3) is 0 Å². The summed E-state index contributed by atoms with van der Waals surface area (Å²) in [5, 5.41) is 6.52. The second-order valence-corrected chi connectivity index (χ2v) is 4.53. The first-order valence-electron chi connectivity index (χ1n) is 5.85. The predicted molar refractivity (Wildman–Crippen MR) is 56.0 cm³/mol. The molecule has 3 heteroatoms. The van der Waals surface area contributed by atoms with Crippen molar-refractivity contribution in [2.24, 2.45) is 5.92 Å². The first-order chi connectivity index (χ1) is 6.81. The first-order valence-corrected chi connectivity index (χ1v) is 5.85. The number of amides is 1. The fraction of sp³-hybridized carbons (Fsp3) is 0.909. The van der Waals surface area contributed by atoms with Crippen molar-refractivity contribution in [1.82, 2.24) is 10.6 Å². The minimum Gasteiger partial charge on any atom is -0.356 e. The van der Waals surface area contributed by atoms with Gasteiger partial charge in [0.15, 0.2) is 0 Å². The van der Waals surface area contributed by atoms with Crippen LogP contribution in [0.3, 0.4) is 0 Å². The van der Waals surface area contributed by atoms with Gasteiger partial charge in [-0.3, -0.25) is 4.79 Å². The summed E-state index contributed by atoms with van der Waals surface area (Å²) in [6, 6.07) is 1.10. The van der Waals surface area contributed by atoms with E-state index in [1.165, 1.54) is 12.8 Å². The van der Waals surface area contributed by atoms with Crippen LogP contribution in [0.25, 0.3) is 0 Å². The molecule has 3 unspecified atom stereocenters. The van der Waals surface area contributed by atoms with E-state index in [9.17, 15) is 4.79 Å². The fourth-order valence-corrected chi connectivity index (χ4v) is 2.63. The summed E-state index contributed by atoms with van der Waals surface area (Å²) >= 11 is 0. The van der Waals surface area contributed by atoms with Crippen LogP contribution in [0.15, 0.2) is 0 Å². The Labute approximate surface area is 85.6 Å². The highest BCUT2D eigenvalue weighted by atomic mass is 16.1. The van der Waals surface area contributed by atoms with Crippen LogP contribution in [0.5, 0.6) is 0 Å². The van der Waals surface area contributed by atoms with Crippen molar-refractivity contribution in [1.29, 1.82) is 0 Å². The summed E-state index contributed by atoms with van der Waals surface area (Å²) in [4.78, 5) is 11.8. The van der Waals surface area contributed by atoms with E-state index in [1.807, 2.05) is 0 Å². The molecular weight excluding hydrogens is 176 g/mol. The first kappa shape index (κ1) is 9.97. The number of carbonyl (C=O) groups excluding carboxylic acids is 1. The lowest BCUT2D eigenvalue weighted by atomic mass is 9.88. The molecule has 0 spiro atoms. The summed E-state index contributed by atoms with van der Waals surface area (Å²) in [5.41, 5.74) is 0. The van der Waals surface area contributed by atoms with Gasteiger partial charge in [0, 0.05) is 18.6 Å². The van der Waals surface area contributed by atoms with E-state index < -0.39 is 0 Å². The van der Waals surface area contributed by atoms with Crippen molar-refractivity contribution < 1.29 is 4.79 Å². The topological polar surface area (TPSA) is 41.1 Å². The minimum absolute atomic E-state index is 0.255. The zero-order chi connectivity index (χ0) is 9.97. The van der Waals surface area contributed by atoms with E-state index in [0.717, 1.165) is 25.8 Å². The lowest BCUT2D eigenvalue weighted by molar-refractivity contribution is -0.125. The Balaban J connectivity index is 1.75. The van der Waals surface area contributed by atoms with E-state index in [0.29, 0.717) is 12.1 Å². The fourth-order valence-electron chi connectivity index (χ4n) is 2.63. The summed E-state index contributed by atoms with van der Waals surface area (Å²) in [6.45, 7) is 2.99. The van der Waals surface area contributed by atoms with Crippen LogP contribution in [-0.2, 0) is 4.79 Å². The molecule has 1 amide bonds. The maximum atomic E-state index is 11.8. The molecule has 2 aliphatic rings. The second-order valence-electron chi connectivity index (χ2n) is 4.53. The number of hydrogen-bond donors (Lipinski definition) is 2. The molecule has 2 rings (SSSR count). The smallest absolute Gasteiger partial charge is 0.224 e. The van der Waals surface area contributed by atoms with Crippen molar-refractivity contribution in [3.63, 3.8) is 0 Å². The van der Waals surface area contributed by atoms with Crippen LogP contribution in [0.4, 0.5) is 0 Å². The number of nitrogens with one attached hydrogen (secondary N) is 2. The summed E-state index contributed by atoms with van der Waals surface area (Å²) in [5.74, 6) is 0.531. The third-order valence-corrected chi connectivity index (χ3v) is 3.47. The molecule has 2 bridgehead atoms. The highest BCUT2D eigenvalue weighted by Gasteiger charge is 2.42. The van der Waals surface area contributed by atoms with Crippen molar-refractivity contribution >= 4 is 5.91 Å². The normalized spacial score (nSPS) is 34.8. The average molecular weight is 196 g/mol. The zero-order valence-corrected chi connectivity index (χ0v) is 8.88. The van der Waals surface area contributed by atoms with Crippen molar-refractivity contribution in [2.75, 3.05) is 6.54 Å². The summed E-state index contributed by atoms with van der Waals surface area (Å²) < 4.78 is 0. The van der Waals surface area contributed by atoms with Crippen molar-refractivity contribution in [3.8, 4) is 0 Å². The van der Waals surface area contributed by atoms with Gasteiger partial charge in [-0.15, -0.1) is 0 Å². The molecule has 2 fully saturated rings. The molecule has 2 aliphatic heterocycles. The molecule has 2 N–H and O–H groups in total. The standard InChI is InChI=1S/C11H20N2O/c1-2-3-6-12-11(14)9-7-8-4-5-10(9)13-8/h8-10,13H,2-7H2,1H3,(H,12,14). The van der Waals surface area contributed by atoms with Crippen LogP contribution in [0.1, 0.15) is 39.0 Å². The molecule has 2 saturated heterocycles. The van der Waals surface area contributed by atoms with Crippen LogP contribution in [0, 0.1) is 5.92 Å². The molecule has 3 nitrogen and oxygen atoms in total. The number of unbranched alkanes of at least 4 members (excludes halogenated alkanes) is 1. The Bertz CT molecular complexity index is 217. The Hall–Kier alpha value is -0.570. The molecule has 0 aromatic carbocycles. The third-order valence-electron chi connectivity index (χ3n) is 3.47. The Kier molecular flexibility index (Phi) is 3.06. The Morgan fingerprint density at radius 1 is 1.50 bits per heavy atom.